The van der Waals surface area contributed by atoms with Crippen molar-refractivity contribution in [2.75, 3.05) is 32.8 Å². The minimum Gasteiger partial charge on any atom is -0.379 e. The summed E-state index contributed by atoms with van der Waals surface area (Å²) in [5.41, 5.74) is 0.366. The molecule has 10 heteroatoms. The number of aryl methyl sites for hydroxylation is 2. The molecule has 3 rings (SSSR count). The lowest BCUT2D eigenvalue weighted by molar-refractivity contribution is 0.0344. The number of fused-ring (bicyclic) bond motifs is 1. The van der Waals surface area contributed by atoms with E-state index in [1.165, 1.54) is 15.7 Å². The van der Waals surface area contributed by atoms with Crippen LogP contribution < -0.4 is 10.3 Å². The summed E-state index contributed by atoms with van der Waals surface area (Å²) in [6, 6.07) is -0.277. The van der Waals surface area contributed by atoms with E-state index in [4.69, 9.17) is 4.74 Å². The van der Waals surface area contributed by atoms with E-state index >= 15 is 0 Å². The molecule has 0 aliphatic carbocycles. The van der Waals surface area contributed by atoms with Crippen molar-refractivity contribution < 1.29 is 13.2 Å². The third-order valence-corrected chi connectivity index (χ3v) is 7.13. The quantitative estimate of drug-likeness (QED) is 0.770. The zero-order valence-electron chi connectivity index (χ0n) is 15.2. The van der Waals surface area contributed by atoms with Crippen LogP contribution in [-0.4, -0.2) is 61.6 Å². The molecule has 0 bridgehead atoms. The molecule has 1 aliphatic heterocycles. The van der Waals surface area contributed by atoms with E-state index in [-0.39, 0.29) is 16.6 Å². The largest absolute Gasteiger partial charge is 0.379 e. The molecule has 1 saturated heterocycles. The molecule has 144 valence electrons. The molecule has 0 unspecified atom stereocenters. The Hall–Kier alpha value is -1.33. The van der Waals surface area contributed by atoms with Crippen LogP contribution in [0.4, 0.5) is 0 Å². The van der Waals surface area contributed by atoms with Crippen molar-refractivity contribution in [2.24, 2.45) is 0 Å². The van der Waals surface area contributed by atoms with Crippen molar-refractivity contribution in [1.82, 2.24) is 19.0 Å². The van der Waals surface area contributed by atoms with Crippen molar-refractivity contribution in [3.05, 3.63) is 27.1 Å². The topological polar surface area (TPSA) is 93.0 Å². The van der Waals surface area contributed by atoms with Crippen LogP contribution in [0.25, 0.3) is 4.96 Å². The van der Waals surface area contributed by atoms with Crippen molar-refractivity contribution >= 4 is 26.3 Å². The standard InChI is InChI=1S/C16H24N4O4S2/c1-4-13(9-19-5-7-24-8-6-19)18-26(22,23)14-12(3)17-16-20(15(14)21)11(2)10-25-16/h10,13,18H,4-9H2,1-3H3/t13-/m0/s1. The minimum atomic E-state index is -3.97. The van der Waals surface area contributed by atoms with E-state index in [1.807, 2.05) is 6.92 Å². The maximum absolute atomic E-state index is 13.0. The van der Waals surface area contributed by atoms with Crippen LogP contribution >= 0.6 is 11.3 Å². The van der Waals surface area contributed by atoms with Crippen LogP contribution in [-0.2, 0) is 14.8 Å². The van der Waals surface area contributed by atoms with Crippen LogP contribution in [0.2, 0.25) is 0 Å². The van der Waals surface area contributed by atoms with E-state index in [2.05, 4.69) is 14.6 Å². The fraction of sp³-hybridized carbons (Fsp3) is 0.625. The molecule has 1 N–H and O–H groups in total. The average Bonchev–Trinajstić information content (AvgIpc) is 2.95. The molecule has 0 radical (unpaired) electrons. The van der Waals surface area contributed by atoms with Gasteiger partial charge in [0.05, 0.1) is 18.9 Å². The Kier molecular flexibility index (Phi) is 5.78. The van der Waals surface area contributed by atoms with Gasteiger partial charge in [0.25, 0.3) is 5.56 Å². The molecule has 2 aromatic rings. The van der Waals surface area contributed by atoms with Crippen LogP contribution in [0, 0.1) is 13.8 Å². The van der Waals surface area contributed by atoms with E-state index in [0.717, 1.165) is 13.1 Å². The summed E-state index contributed by atoms with van der Waals surface area (Å²) in [4.78, 5) is 19.5. The number of thiazole rings is 1. The number of aromatic nitrogens is 2. The first-order valence-electron chi connectivity index (χ1n) is 8.63. The Balaban J connectivity index is 1.90. The molecular weight excluding hydrogens is 376 g/mol. The Bertz CT molecular complexity index is 945. The normalized spacial score (nSPS) is 17.7. The van der Waals surface area contributed by atoms with Gasteiger partial charge in [0.15, 0.2) is 9.86 Å². The molecule has 26 heavy (non-hydrogen) atoms. The predicted octanol–water partition coefficient (Wildman–Crippen LogP) is 0.762. The maximum Gasteiger partial charge on any atom is 0.279 e. The third kappa shape index (κ3) is 3.84. The highest BCUT2D eigenvalue weighted by Crippen LogP contribution is 2.16. The lowest BCUT2D eigenvalue weighted by Crippen LogP contribution is -2.47. The molecule has 1 fully saturated rings. The zero-order valence-corrected chi connectivity index (χ0v) is 16.8. The highest BCUT2D eigenvalue weighted by molar-refractivity contribution is 7.89. The van der Waals surface area contributed by atoms with E-state index in [1.54, 1.807) is 19.2 Å². The maximum atomic E-state index is 13.0. The highest BCUT2D eigenvalue weighted by atomic mass is 32.2. The lowest BCUT2D eigenvalue weighted by atomic mass is 10.2. The van der Waals surface area contributed by atoms with E-state index in [9.17, 15) is 13.2 Å². The van der Waals surface area contributed by atoms with Crippen LogP contribution in [0.1, 0.15) is 24.7 Å². The summed E-state index contributed by atoms with van der Waals surface area (Å²) >= 11 is 1.32. The Morgan fingerprint density at radius 1 is 1.35 bits per heavy atom. The Morgan fingerprint density at radius 2 is 2.04 bits per heavy atom. The second kappa shape index (κ2) is 7.73. The highest BCUT2D eigenvalue weighted by Gasteiger charge is 2.28. The van der Waals surface area contributed by atoms with Gasteiger partial charge >= 0.3 is 0 Å². The van der Waals surface area contributed by atoms with Gasteiger partial charge < -0.3 is 4.74 Å². The fourth-order valence-electron chi connectivity index (χ4n) is 3.10. The molecule has 2 aromatic heterocycles. The Labute approximate surface area is 156 Å². The van der Waals surface area contributed by atoms with Crippen molar-refractivity contribution in [2.45, 2.75) is 38.1 Å². The minimum absolute atomic E-state index is 0.227. The van der Waals surface area contributed by atoms with Crippen LogP contribution in [0.3, 0.4) is 0 Å². The second-order valence-electron chi connectivity index (χ2n) is 6.47. The summed E-state index contributed by atoms with van der Waals surface area (Å²) in [7, 11) is -3.97. The number of hydrogen-bond donors (Lipinski definition) is 1. The number of rotatable bonds is 6. The van der Waals surface area contributed by atoms with Crippen molar-refractivity contribution in [1.29, 1.82) is 0 Å². The number of ether oxygens (including phenoxy) is 1. The predicted molar refractivity (Wildman–Crippen MR) is 100 cm³/mol. The summed E-state index contributed by atoms with van der Waals surface area (Å²) in [6.07, 6.45) is 0.629. The van der Waals surface area contributed by atoms with Gasteiger partial charge in [-0.3, -0.25) is 14.1 Å². The molecule has 0 aromatic carbocycles. The molecule has 0 amide bonds. The van der Waals surface area contributed by atoms with Gasteiger partial charge in [-0.2, -0.15) is 0 Å². The second-order valence-corrected chi connectivity index (χ2v) is 8.95. The lowest BCUT2D eigenvalue weighted by Gasteiger charge is -2.30. The first-order valence-corrected chi connectivity index (χ1v) is 11.0. The number of hydrogen-bond acceptors (Lipinski definition) is 7. The average molecular weight is 401 g/mol. The third-order valence-electron chi connectivity index (χ3n) is 4.53. The first kappa shape index (κ1) is 19.4. The van der Waals surface area contributed by atoms with Gasteiger partial charge in [-0.25, -0.2) is 18.1 Å². The van der Waals surface area contributed by atoms with Gasteiger partial charge in [0.2, 0.25) is 10.0 Å². The molecular formula is C16H24N4O4S2. The van der Waals surface area contributed by atoms with E-state index < -0.39 is 15.6 Å². The molecule has 0 spiro atoms. The summed E-state index contributed by atoms with van der Waals surface area (Å²) in [5, 5.41) is 1.79. The van der Waals surface area contributed by atoms with E-state index in [0.29, 0.717) is 36.8 Å². The van der Waals surface area contributed by atoms with Gasteiger partial charge in [0, 0.05) is 36.8 Å². The Morgan fingerprint density at radius 3 is 2.69 bits per heavy atom. The van der Waals surface area contributed by atoms with Gasteiger partial charge in [-0.15, -0.1) is 11.3 Å². The SMILES string of the molecule is CC[C@@H](CN1CCOCC1)NS(=O)(=O)c1c(C)nc2scc(C)n2c1=O. The fourth-order valence-corrected chi connectivity index (χ4v) is 5.56. The first-order chi connectivity index (χ1) is 12.3. The number of nitrogens with one attached hydrogen (secondary N) is 1. The zero-order chi connectivity index (χ0) is 18.9. The molecule has 0 saturated carbocycles. The smallest absolute Gasteiger partial charge is 0.279 e. The monoisotopic (exact) mass is 400 g/mol. The van der Waals surface area contributed by atoms with Crippen molar-refractivity contribution in [3.63, 3.8) is 0 Å². The van der Waals surface area contributed by atoms with Gasteiger partial charge in [0.1, 0.15) is 0 Å². The van der Waals surface area contributed by atoms with Crippen LogP contribution in [0.5, 0.6) is 0 Å². The molecule has 1 aliphatic rings. The number of nitrogens with zero attached hydrogens (tertiary/aromatic N) is 3. The molecule has 3 heterocycles. The number of sulfonamides is 1. The van der Waals surface area contributed by atoms with Gasteiger partial charge in [-0.05, 0) is 20.3 Å². The summed E-state index contributed by atoms with van der Waals surface area (Å²) in [5.74, 6) is 0. The molecule has 1 atom stereocenters. The summed E-state index contributed by atoms with van der Waals surface area (Å²) < 4.78 is 35.3. The number of morpholine rings is 1. The van der Waals surface area contributed by atoms with Crippen molar-refractivity contribution in [3.8, 4) is 0 Å². The van der Waals surface area contributed by atoms with Crippen LogP contribution in [0.15, 0.2) is 15.1 Å². The molecule has 8 nitrogen and oxygen atoms in total. The van der Waals surface area contributed by atoms with Gasteiger partial charge in [-0.1, -0.05) is 6.92 Å². The summed E-state index contributed by atoms with van der Waals surface area (Å²) in [6.45, 7) is 8.71.